The Morgan fingerprint density at radius 2 is 1.90 bits per heavy atom. The van der Waals surface area contributed by atoms with Gasteiger partial charge < -0.3 is 10.1 Å². The highest BCUT2D eigenvalue weighted by Gasteiger charge is 2.34. The summed E-state index contributed by atoms with van der Waals surface area (Å²) in [6, 6.07) is 7.93. The highest BCUT2D eigenvalue weighted by atomic mass is 35.5. The fourth-order valence-corrected chi connectivity index (χ4v) is 1.89. The van der Waals surface area contributed by atoms with Crippen LogP contribution in [0, 0.1) is 0 Å². The van der Waals surface area contributed by atoms with Crippen LogP contribution < -0.4 is 10.1 Å². The van der Waals surface area contributed by atoms with Gasteiger partial charge in [-0.2, -0.15) is 13.2 Å². The van der Waals surface area contributed by atoms with Crippen LogP contribution in [0.2, 0.25) is 5.02 Å². The van der Waals surface area contributed by atoms with Crippen LogP contribution >= 0.6 is 11.6 Å². The topological polar surface area (TPSA) is 34.2 Å². The number of aromatic nitrogens is 1. The maximum Gasteiger partial charge on any atom is 0.419 e. The Balaban J connectivity index is 2.33. The molecule has 2 aromatic rings. The molecule has 1 aromatic heterocycles. The van der Waals surface area contributed by atoms with Crippen LogP contribution in [0.25, 0.3) is 0 Å². The predicted octanol–water partition coefficient (Wildman–Crippen LogP) is 4.27. The van der Waals surface area contributed by atoms with Gasteiger partial charge in [0.15, 0.2) is 0 Å². The van der Waals surface area contributed by atoms with E-state index in [0.29, 0.717) is 17.3 Å². The van der Waals surface area contributed by atoms with Gasteiger partial charge in [-0.15, -0.1) is 0 Å². The van der Waals surface area contributed by atoms with E-state index in [-0.39, 0.29) is 11.6 Å². The minimum atomic E-state index is -4.49. The van der Waals surface area contributed by atoms with Gasteiger partial charge in [-0.1, -0.05) is 23.7 Å². The van der Waals surface area contributed by atoms with E-state index in [1.54, 1.807) is 7.05 Å². The van der Waals surface area contributed by atoms with Gasteiger partial charge >= 0.3 is 6.18 Å². The summed E-state index contributed by atoms with van der Waals surface area (Å²) in [6.45, 7) is 0.386. The minimum absolute atomic E-state index is 0.0568. The first-order chi connectivity index (χ1) is 9.91. The molecule has 0 bridgehead atoms. The Hall–Kier alpha value is -1.79. The van der Waals surface area contributed by atoms with Crippen LogP contribution in [0.1, 0.15) is 11.3 Å². The molecule has 1 N–H and O–H groups in total. The Morgan fingerprint density at radius 1 is 1.19 bits per heavy atom. The Bertz CT molecular complexity index is 632. The number of halogens is 4. The number of hydrogen-bond donors (Lipinski definition) is 1. The zero-order valence-electron chi connectivity index (χ0n) is 11.0. The third-order valence-electron chi connectivity index (χ3n) is 2.64. The Kier molecular flexibility index (Phi) is 4.69. The third kappa shape index (κ3) is 3.86. The molecule has 0 saturated carbocycles. The van der Waals surface area contributed by atoms with Crippen molar-refractivity contribution in [1.82, 2.24) is 10.3 Å². The van der Waals surface area contributed by atoms with Crippen molar-refractivity contribution in [3.05, 3.63) is 52.7 Å². The number of nitrogens with zero attached hydrogens (tertiary/aromatic N) is 1. The van der Waals surface area contributed by atoms with Crippen LogP contribution in [-0.4, -0.2) is 12.0 Å². The quantitative estimate of drug-likeness (QED) is 0.915. The first-order valence-electron chi connectivity index (χ1n) is 6.06. The molecule has 2 rings (SSSR count). The average molecular weight is 317 g/mol. The van der Waals surface area contributed by atoms with Gasteiger partial charge in [0.1, 0.15) is 5.75 Å². The molecule has 1 aromatic carbocycles. The second-order valence-electron chi connectivity index (χ2n) is 4.20. The fourth-order valence-electron chi connectivity index (χ4n) is 1.72. The summed E-state index contributed by atoms with van der Waals surface area (Å²) in [4.78, 5) is 4.10. The van der Waals surface area contributed by atoms with Crippen LogP contribution in [0.15, 0.2) is 36.4 Å². The number of pyridine rings is 1. The summed E-state index contributed by atoms with van der Waals surface area (Å²) in [7, 11) is 1.71. The van der Waals surface area contributed by atoms with Gasteiger partial charge in [0, 0.05) is 12.6 Å². The first kappa shape index (κ1) is 15.6. The van der Waals surface area contributed by atoms with Gasteiger partial charge in [-0.3, -0.25) is 0 Å². The highest BCUT2D eigenvalue weighted by molar-refractivity contribution is 6.31. The van der Waals surface area contributed by atoms with Crippen LogP contribution in [0.4, 0.5) is 13.2 Å². The lowest BCUT2D eigenvalue weighted by Crippen LogP contribution is -2.09. The van der Waals surface area contributed by atoms with Crippen molar-refractivity contribution in [2.75, 3.05) is 7.05 Å². The van der Waals surface area contributed by atoms with Gasteiger partial charge in [-0.25, -0.2) is 4.98 Å². The molecular weight excluding hydrogens is 305 g/mol. The Morgan fingerprint density at radius 3 is 2.57 bits per heavy atom. The van der Waals surface area contributed by atoms with Crippen molar-refractivity contribution in [2.24, 2.45) is 0 Å². The van der Waals surface area contributed by atoms with E-state index in [4.69, 9.17) is 16.3 Å². The van der Waals surface area contributed by atoms with E-state index >= 15 is 0 Å². The number of rotatable bonds is 4. The zero-order chi connectivity index (χ0) is 15.5. The summed E-state index contributed by atoms with van der Waals surface area (Å²) in [5, 5.41) is 3.29. The maximum absolute atomic E-state index is 12.9. The van der Waals surface area contributed by atoms with Crippen molar-refractivity contribution in [3.63, 3.8) is 0 Å². The molecule has 0 aliphatic carbocycles. The number of benzene rings is 1. The molecule has 0 atom stereocenters. The van der Waals surface area contributed by atoms with Gasteiger partial charge in [0.05, 0.1) is 16.3 Å². The molecule has 1 heterocycles. The lowest BCUT2D eigenvalue weighted by Gasteiger charge is -2.13. The molecule has 0 unspecified atom stereocenters. The molecule has 0 fully saturated rings. The molecule has 3 nitrogen and oxygen atoms in total. The molecule has 7 heteroatoms. The van der Waals surface area contributed by atoms with Crippen molar-refractivity contribution in [2.45, 2.75) is 12.7 Å². The molecule has 21 heavy (non-hydrogen) atoms. The molecule has 0 radical (unpaired) electrons. The Labute approximate surface area is 124 Å². The van der Waals surface area contributed by atoms with Crippen LogP contribution in [0.5, 0.6) is 11.6 Å². The number of hydrogen-bond acceptors (Lipinski definition) is 3. The summed E-state index contributed by atoms with van der Waals surface area (Å²) < 4.78 is 43.9. The maximum atomic E-state index is 12.9. The summed E-state index contributed by atoms with van der Waals surface area (Å²) in [5.41, 5.74) is -0.349. The second-order valence-corrected chi connectivity index (χ2v) is 4.61. The average Bonchev–Trinajstić information content (AvgIpc) is 2.42. The fraction of sp³-hybridized carbons (Fsp3) is 0.214. The largest absolute Gasteiger partial charge is 0.438 e. The summed E-state index contributed by atoms with van der Waals surface area (Å²) in [5.74, 6) is -0.239. The van der Waals surface area contributed by atoms with Crippen LogP contribution in [0.3, 0.4) is 0 Å². The monoisotopic (exact) mass is 316 g/mol. The van der Waals surface area contributed by atoms with E-state index in [1.807, 2.05) is 0 Å². The molecule has 0 aliphatic heterocycles. The van der Waals surface area contributed by atoms with E-state index in [0.717, 1.165) is 6.07 Å². The number of para-hydroxylation sites is 1. The zero-order valence-corrected chi connectivity index (χ0v) is 11.8. The molecule has 0 saturated heterocycles. The number of alkyl halides is 3. The normalized spacial score (nSPS) is 11.5. The van der Waals surface area contributed by atoms with Crippen LogP contribution in [-0.2, 0) is 12.7 Å². The number of nitrogens with one attached hydrogen (secondary N) is 1. The molecule has 0 spiro atoms. The van der Waals surface area contributed by atoms with E-state index in [2.05, 4.69) is 10.3 Å². The summed E-state index contributed by atoms with van der Waals surface area (Å²) in [6.07, 6.45) is -4.49. The lowest BCUT2D eigenvalue weighted by molar-refractivity contribution is -0.138. The van der Waals surface area contributed by atoms with Crippen molar-refractivity contribution in [1.29, 1.82) is 0 Å². The van der Waals surface area contributed by atoms with Crippen molar-refractivity contribution >= 4 is 11.6 Å². The highest BCUT2D eigenvalue weighted by Crippen LogP contribution is 2.37. The van der Waals surface area contributed by atoms with Gasteiger partial charge in [-0.05, 0) is 25.2 Å². The van der Waals surface area contributed by atoms with Gasteiger partial charge in [0.2, 0.25) is 5.88 Å². The van der Waals surface area contributed by atoms with E-state index in [1.165, 1.54) is 30.3 Å². The van der Waals surface area contributed by atoms with Gasteiger partial charge in [0.25, 0.3) is 0 Å². The summed E-state index contributed by atoms with van der Waals surface area (Å²) >= 11 is 5.94. The van der Waals surface area contributed by atoms with E-state index in [9.17, 15) is 13.2 Å². The smallest absolute Gasteiger partial charge is 0.419 e. The second kappa shape index (κ2) is 6.32. The van der Waals surface area contributed by atoms with Crippen molar-refractivity contribution in [3.8, 4) is 11.6 Å². The minimum Gasteiger partial charge on any atom is -0.438 e. The lowest BCUT2D eigenvalue weighted by atomic mass is 10.2. The molecule has 0 aliphatic rings. The molecule has 112 valence electrons. The first-order valence-corrected chi connectivity index (χ1v) is 6.43. The van der Waals surface area contributed by atoms with Crippen molar-refractivity contribution < 1.29 is 17.9 Å². The molecular formula is C14H12ClF3N2O. The predicted molar refractivity (Wildman–Crippen MR) is 73.5 cm³/mol. The SMILES string of the molecule is CNCc1nc(Oc2ccccc2C(F)(F)F)ccc1Cl. The molecule has 0 amide bonds. The number of ether oxygens (including phenoxy) is 1. The third-order valence-corrected chi connectivity index (χ3v) is 2.99. The standard InChI is InChI=1S/C14H12ClF3N2O/c1-19-8-11-10(15)6-7-13(20-11)21-12-5-3-2-4-9(12)14(16,17)18/h2-7,19H,8H2,1H3. The van der Waals surface area contributed by atoms with E-state index < -0.39 is 11.7 Å².